The predicted molar refractivity (Wildman–Crippen MR) is 71.0 cm³/mol. The molecule has 0 aliphatic carbocycles. The fourth-order valence-electron chi connectivity index (χ4n) is 2.80. The molecule has 1 fully saturated rings. The van der Waals surface area contributed by atoms with E-state index in [2.05, 4.69) is 17.9 Å². The molecule has 1 aliphatic rings. The molecule has 1 saturated heterocycles. The van der Waals surface area contributed by atoms with Crippen LogP contribution in [-0.4, -0.2) is 12.6 Å². The first kappa shape index (κ1) is 12.9. The zero-order valence-electron chi connectivity index (χ0n) is 10.8. The second-order valence-corrected chi connectivity index (χ2v) is 4.90. The highest BCUT2D eigenvalue weighted by atomic mass is 19.1. The molecule has 0 spiro atoms. The van der Waals surface area contributed by atoms with Crippen molar-refractivity contribution < 1.29 is 4.39 Å². The number of anilines is 1. The Morgan fingerprint density at radius 1 is 1.44 bits per heavy atom. The lowest BCUT2D eigenvalue weighted by Crippen LogP contribution is -2.39. The fourth-order valence-corrected chi connectivity index (χ4v) is 2.80. The van der Waals surface area contributed by atoms with Crippen molar-refractivity contribution in [3.8, 4) is 6.07 Å². The monoisotopic (exact) mass is 246 g/mol. The first-order chi connectivity index (χ1) is 8.76. The molecule has 18 heavy (non-hydrogen) atoms. The normalized spacial score (nSPS) is 19.6. The summed E-state index contributed by atoms with van der Waals surface area (Å²) in [5, 5.41) is 9.15. The van der Waals surface area contributed by atoms with E-state index in [-0.39, 0.29) is 5.82 Å². The minimum absolute atomic E-state index is 0.334. The summed E-state index contributed by atoms with van der Waals surface area (Å²) < 4.78 is 13.2. The minimum atomic E-state index is -0.334. The number of piperidine rings is 1. The first-order valence-electron chi connectivity index (χ1n) is 6.72. The average Bonchev–Trinajstić information content (AvgIpc) is 2.40. The Kier molecular flexibility index (Phi) is 4.19. The second-order valence-electron chi connectivity index (χ2n) is 4.90. The SMILES string of the molecule is CCCC1CCCCN1c1ccc(F)cc1C#N. The zero-order chi connectivity index (χ0) is 13.0. The molecule has 0 N–H and O–H groups in total. The molecule has 1 aliphatic heterocycles. The van der Waals surface area contributed by atoms with Gasteiger partial charge in [0.05, 0.1) is 11.3 Å². The summed E-state index contributed by atoms with van der Waals surface area (Å²) >= 11 is 0. The van der Waals surface area contributed by atoms with Gasteiger partial charge >= 0.3 is 0 Å². The number of hydrogen-bond acceptors (Lipinski definition) is 2. The molecule has 1 aromatic carbocycles. The smallest absolute Gasteiger partial charge is 0.124 e. The summed E-state index contributed by atoms with van der Waals surface area (Å²) in [6.07, 6.45) is 5.87. The molecule has 0 aromatic heterocycles. The summed E-state index contributed by atoms with van der Waals surface area (Å²) in [6, 6.07) is 7.16. The molecular weight excluding hydrogens is 227 g/mol. The van der Waals surface area contributed by atoms with E-state index in [0.29, 0.717) is 11.6 Å². The van der Waals surface area contributed by atoms with Crippen molar-refractivity contribution in [2.75, 3.05) is 11.4 Å². The molecule has 2 rings (SSSR count). The highest BCUT2D eigenvalue weighted by molar-refractivity contribution is 5.60. The maximum atomic E-state index is 13.2. The third-order valence-corrected chi connectivity index (χ3v) is 3.64. The van der Waals surface area contributed by atoms with Crippen molar-refractivity contribution in [3.63, 3.8) is 0 Å². The van der Waals surface area contributed by atoms with E-state index in [4.69, 9.17) is 5.26 Å². The molecule has 3 heteroatoms. The third kappa shape index (κ3) is 2.64. The van der Waals surface area contributed by atoms with Gasteiger partial charge in [-0.2, -0.15) is 5.26 Å². The van der Waals surface area contributed by atoms with Gasteiger partial charge in [0.1, 0.15) is 11.9 Å². The molecule has 0 saturated carbocycles. The summed E-state index contributed by atoms with van der Waals surface area (Å²) in [6.45, 7) is 3.16. The zero-order valence-corrected chi connectivity index (χ0v) is 10.8. The van der Waals surface area contributed by atoms with E-state index in [1.807, 2.05) is 0 Å². The topological polar surface area (TPSA) is 27.0 Å². The van der Waals surface area contributed by atoms with E-state index in [0.717, 1.165) is 31.5 Å². The minimum Gasteiger partial charge on any atom is -0.367 e. The number of hydrogen-bond donors (Lipinski definition) is 0. The molecular formula is C15H19FN2. The Hall–Kier alpha value is -1.56. The summed E-state index contributed by atoms with van der Waals surface area (Å²) in [5.74, 6) is -0.334. The van der Waals surface area contributed by atoms with Crippen LogP contribution < -0.4 is 4.90 Å². The van der Waals surface area contributed by atoms with Crippen molar-refractivity contribution in [1.82, 2.24) is 0 Å². The van der Waals surface area contributed by atoms with Crippen LogP contribution in [-0.2, 0) is 0 Å². The van der Waals surface area contributed by atoms with Crippen LogP contribution in [0.1, 0.15) is 44.6 Å². The first-order valence-corrected chi connectivity index (χ1v) is 6.72. The van der Waals surface area contributed by atoms with Crippen molar-refractivity contribution in [2.45, 2.75) is 45.1 Å². The van der Waals surface area contributed by atoms with Crippen molar-refractivity contribution in [3.05, 3.63) is 29.6 Å². The highest BCUT2D eigenvalue weighted by Gasteiger charge is 2.23. The Bertz CT molecular complexity index is 448. The van der Waals surface area contributed by atoms with Crippen LogP contribution in [0, 0.1) is 17.1 Å². The number of rotatable bonds is 3. The van der Waals surface area contributed by atoms with E-state index in [1.54, 1.807) is 6.07 Å². The van der Waals surface area contributed by atoms with Gasteiger partial charge in [0, 0.05) is 12.6 Å². The van der Waals surface area contributed by atoms with Gasteiger partial charge in [0.15, 0.2) is 0 Å². The number of nitriles is 1. The van der Waals surface area contributed by atoms with E-state index in [9.17, 15) is 4.39 Å². The Morgan fingerprint density at radius 2 is 2.28 bits per heavy atom. The molecule has 96 valence electrons. The number of benzene rings is 1. The summed E-state index contributed by atoms with van der Waals surface area (Å²) in [7, 11) is 0. The molecule has 0 radical (unpaired) electrons. The quantitative estimate of drug-likeness (QED) is 0.809. The van der Waals surface area contributed by atoms with Gasteiger partial charge in [0.25, 0.3) is 0 Å². The molecule has 1 heterocycles. The van der Waals surface area contributed by atoms with Crippen LogP contribution in [0.3, 0.4) is 0 Å². The van der Waals surface area contributed by atoms with E-state index < -0.39 is 0 Å². The molecule has 1 aromatic rings. The lowest BCUT2D eigenvalue weighted by Gasteiger charge is -2.38. The number of halogens is 1. The number of nitrogens with zero attached hydrogens (tertiary/aromatic N) is 2. The van der Waals surface area contributed by atoms with Crippen molar-refractivity contribution in [1.29, 1.82) is 5.26 Å². The largest absolute Gasteiger partial charge is 0.367 e. The molecule has 1 unspecified atom stereocenters. The maximum absolute atomic E-state index is 13.2. The summed E-state index contributed by atoms with van der Waals surface area (Å²) in [4.78, 5) is 2.30. The van der Waals surface area contributed by atoms with Crippen LogP contribution >= 0.6 is 0 Å². The Morgan fingerprint density at radius 3 is 3.00 bits per heavy atom. The Labute approximate surface area is 108 Å². The Balaban J connectivity index is 2.30. The summed E-state index contributed by atoms with van der Waals surface area (Å²) in [5.41, 5.74) is 1.36. The van der Waals surface area contributed by atoms with Gasteiger partial charge in [-0.25, -0.2) is 4.39 Å². The van der Waals surface area contributed by atoms with E-state index >= 15 is 0 Å². The molecule has 2 nitrogen and oxygen atoms in total. The second kappa shape index (κ2) is 5.86. The molecule has 1 atom stereocenters. The average molecular weight is 246 g/mol. The van der Waals surface area contributed by atoms with Gasteiger partial charge in [-0.15, -0.1) is 0 Å². The van der Waals surface area contributed by atoms with Crippen LogP contribution in [0.25, 0.3) is 0 Å². The van der Waals surface area contributed by atoms with Gasteiger partial charge in [-0.1, -0.05) is 13.3 Å². The van der Waals surface area contributed by atoms with Crippen molar-refractivity contribution in [2.24, 2.45) is 0 Å². The molecule has 0 bridgehead atoms. The third-order valence-electron chi connectivity index (χ3n) is 3.64. The van der Waals surface area contributed by atoms with E-state index in [1.165, 1.54) is 25.0 Å². The van der Waals surface area contributed by atoms with Gasteiger partial charge in [-0.3, -0.25) is 0 Å². The standard InChI is InChI=1S/C15H19FN2/c1-2-5-14-6-3-4-9-18(14)15-8-7-13(16)10-12(15)11-17/h7-8,10,14H,2-6,9H2,1H3. The fraction of sp³-hybridized carbons (Fsp3) is 0.533. The van der Waals surface area contributed by atoms with Gasteiger partial charge in [-0.05, 0) is 43.9 Å². The van der Waals surface area contributed by atoms with Crippen LogP contribution in [0.4, 0.5) is 10.1 Å². The van der Waals surface area contributed by atoms with Crippen LogP contribution in [0.5, 0.6) is 0 Å². The maximum Gasteiger partial charge on any atom is 0.124 e. The van der Waals surface area contributed by atoms with Gasteiger partial charge < -0.3 is 4.90 Å². The lowest BCUT2D eigenvalue weighted by molar-refractivity contribution is 0.434. The molecule has 0 amide bonds. The highest BCUT2D eigenvalue weighted by Crippen LogP contribution is 2.30. The van der Waals surface area contributed by atoms with Crippen LogP contribution in [0.2, 0.25) is 0 Å². The predicted octanol–water partition coefficient (Wildman–Crippen LogP) is 3.86. The van der Waals surface area contributed by atoms with Crippen LogP contribution in [0.15, 0.2) is 18.2 Å². The van der Waals surface area contributed by atoms with Gasteiger partial charge in [0.2, 0.25) is 0 Å². The lowest BCUT2D eigenvalue weighted by atomic mass is 9.96. The van der Waals surface area contributed by atoms with Crippen molar-refractivity contribution >= 4 is 5.69 Å².